The highest BCUT2D eigenvalue weighted by Crippen LogP contribution is 2.26. The maximum absolute atomic E-state index is 11.5. The maximum atomic E-state index is 11.5. The Bertz CT molecular complexity index is 498. The van der Waals surface area contributed by atoms with Crippen molar-refractivity contribution in [3.8, 4) is 0 Å². The number of aryl methyl sites for hydroxylation is 2. The number of Topliss-reactive ketones (excluding diaryl/α,β-unsaturated/α-hetero) is 1. The van der Waals surface area contributed by atoms with Crippen molar-refractivity contribution in [2.24, 2.45) is 7.05 Å². The maximum Gasteiger partial charge on any atom is 0.131 e. The Labute approximate surface area is 132 Å². The zero-order valence-corrected chi connectivity index (χ0v) is 14.1. The van der Waals surface area contributed by atoms with Crippen LogP contribution in [0.25, 0.3) is 0 Å². The number of carbonyl (C=O) groups is 1. The van der Waals surface area contributed by atoms with E-state index < -0.39 is 0 Å². The van der Waals surface area contributed by atoms with E-state index in [1.807, 2.05) is 11.7 Å². The number of nitrogens with zero attached hydrogens (tertiary/aromatic N) is 3. The lowest BCUT2D eigenvalue weighted by Crippen LogP contribution is -2.36. The predicted molar refractivity (Wildman–Crippen MR) is 85.6 cm³/mol. The Kier molecular flexibility index (Phi) is 5.82. The molecule has 0 aromatic carbocycles. The van der Waals surface area contributed by atoms with Gasteiger partial charge in [0.2, 0.25) is 0 Å². The van der Waals surface area contributed by atoms with Gasteiger partial charge in [-0.1, -0.05) is 31.4 Å². The Balaban J connectivity index is 2.17. The number of aromatic nitrogens is 2. The molecule has 2 heterocycles. The number of hydrogen-bond acceptors (Lipinski definition) is 3. The Morgan fingerprint density at radius 2 is 2.14 bits per heavy atom. The minimum atomic E-state index is 0.275. The Morgan fingerprint density at radius 3 is 2.76 bits per heavy atom. The molecule has 21 heavy (non-hydrogen) atoms. The standard InChI is InChI=1S/C16H26ClN3O/c1-4-14-16(17)15(19(3)18-14)11-20-9-7-5-6-8-13(20)10-12(2)21/h13H,4-11H2,1-3H3. The van der Waals surface area contributed by atoms with Crippen molar-refractivity contribution >= 4 is 17.4 Å². The SMILES string of the molecule is CCc1nn(C)c(CN2CCCCCC2CC(C)=O)c1Cl. The molecule has 0 spiro atoms. The van der Waals surface area contributed by atoms with Crippen LogP contribution in [0.15, 0.2) is 0 Å². The first-order chi connectivity index (χ1) is 10.0. The van der Waals surface area contributed by atoms with Crippen LogP contribution in [0.5, 0.6) is 0 Å². The first-order valence-corrected chi connectivity index (χ1v) is 8.34. The summed E-state index contributed by atoms with van der Waals surface area (Å²) in [6.45, 7) is 5.60. The lowest BCUT2D eigenvalue weighted by Gasteiger charge is -2.29. The lowest BCUT2D eigenvalue weighted by molar-refractivity contribution is -0.118. The van der Waals surface area contributed by atoms with Crippen molar-refractivity contribution in [2.45, 2.75) is 65.0 Å². The van der Waals surface area contributed by atoms with Crippen molar-refractivity contribution in [3.05, 3.63) is 16.4 Å². The van der Waals surface area contributed by atoms with Gasteiger partial charge >= 0.3 is 0 Å². The van der Waals surface area contributed by atoms with Crippen LogP contribution < -0.4 is 0 Å². The Hall–Kier alpha value is -0.870. The molecule has 1 fully saturated rings. The van der Waals surface area contributed by atoms with Gasteiger partial charge in [0.1, 0.15) is 5.78 Å². The third-order valence-corrected chi connectivity index (χ3v) is 4.81. The summed E-state index contributed by atoms with van der Waals surface area (Å²) in [5.74, 6) is 0.275. The van der Waals surface area contributed by atoms with Gasteiger partial charge in [-0.15, -0.1) is 0 Å². The van der Waals surface area contributed by atoms with Crippen LogP contribution in [0.1, 0.15) is 57.3 Å². The summed E-state index contributed by atoms with van der Waals surface area (Å²) < 4.78 is 1.90. The molecule has 0 amide bonds. The van der Waals surface area contributed by atoms with Crippen molar-refractivity contribution < 1.29 is 4.79 Å². The van der Waals surface area contributed by atoms with Gasteiger partial charge in [-0.2, -0.15) is 5.10 Å². The van der Waals surface area contributed by atoms with E-state index in [1.165, 1.54) is 19.3 Å². The molecule has 2 rings (SSSR count). The molecule has 1 aromatic heterocycles. The van der Waals surface area contributed by atoms with E-state index in [0.717, 1.165) is 42.3 Å². The van der Waals surface area contributed by atoms with Gasteiger partial charge in [-0.05, 0) is 32.7 Å². The molecular weight excluding hydrogens is 286 g/mol. The third-order valence-electron chi connectivity index (χ3n) is 4.38. The fraction of sp³-hybridized carbons (Fsp3) is 0.750. The topological polar surface area (TPSA) is 38.1 Å². The Morgan fingerprint density at radius 1 is 1.38 bits per heavy atom. The van der Waals surface area contributed by atoms with Crippen LogP contribution in [0.4, 0.5) is 0 Å². The van der Waals surface area contributed by atoms with E-state index in [9.17, 15) is 4.79 Å². The quantitative estimate of drug-likeness (QED) is 0.837. The van der Waals surface area contributed by atoms with Crippen molar-refractivity contribution in [1.82, 2.24) is 14.7 Å². The molecule has 0 N–H and O–H groups in total. The molecule has 0 radical (unpaired) electrons. The number of hydrogen-bond donors (Lipinski definition) is 0. The molecule has 0 saturated carbocycles. The number of halogens is 1. The van der Waals surface area contributed by atoms with E-state index in [1.54, 1.807) is 6.92 Å². The summed E-state index contributed by atoms with van der Waals surface area (Å²) >= 11 is 6.47. The first-order valence-electron chi connectivity index (χ1n) is 7.96. The molecule has 1 unspecified atom stereocenters. The minimum Gasteiger partial charge on any atom is -0.300 e. The highest BCUT2D eigenvalue weighted by atomic mass is 35.5. The van der Waals surface area contributed by atoms with Gasteiger partial charge in [0.05, 0.1) is 16.4 Å². The van der Waals surface area contributed by atoms with Crippen LogP contribution in [0.3, 0.4) is 0 Å². The van der Waals surface area contributed by atoms with Crippen molar-refractivity contribution in [1.29, 1.82) is 0 Å². The van der Waals surface area contributed by atoms with Crippen LogP contribution in [0.2, 0.25) is 5.02 Å². The summed E-state index contributed by atoms with van der Waals surface area (Å²) in [7, 11) is 1.96. The second-order valence-corrected chi connectivity index (χ2v) is 6.44. The van der Waals surface area contributed by atoms with E-state index in [2.05, 4.69) is 16.9 Å². The van der Waals surface area contributed by atoms with E-state index in [0.29, 0.717) is 12.5 Å². The summed E-state index contributed by atoms with van der Waals surface area (Å²) in [6.07, 6.45) is 6.28. The average Bonchev–Trinajstić information content (AvgIpc) is 2.60. The fourth-order valence-electron chi connectivity index (χ4n) is 3.19. The summed E-state index contributed by atoms with van der Waals surface area (Å²) in [5.41, 5.74) is 2.04. The van der Waals surface area contributed by atoms with Gasteiger partial charge < -0.3 is 0 Å². The molecule has 1 aromatic rings. The van der Waals surface area contributed by atoms with E-state index in [4.69, 9.17) is 11.6 Å². The average molecular weight is 312 g/mol. The summed E-state index contributed by atoms with van der Waals surface area (Å²) in [4.78, 5) is 14.0. The fourth-order valence-corrected chi connectivity index (χ4v) is 3.55. The zero-order chi connectivity index (χ0) is 15.4. The highest BCUT2D eigenvalue weighted by molar-refractivity contribution is 6.31. The van der Waals surface area contributed by atoms with Crippen molar-refractivity contribution in [2.75, 3.05) is 6.54 Å². The van der Waals surface area contributed by atoms with Crippen LogP contribution in [-0.2, 0) is 24.8 Å². The van der Waals surface area contributed by atoms with Gasteiger partial charge in [-0.3, -0.25) is 14.4 Å². The molecule has 1 saturated heterocycles. The normalized spacial score (nSPS) is 20.5. The monoisotopic (exact) mass is 311 g/mol. The lowest BCUT2D eigenvalue weighted by atomic mass is 10.0. The van der Waals surface area contributed by atoms with E-state index >= 15 is 0 Å². The summed E-state index contributed by atoms with van der Waals surface area (Å²) in [5, 5.41) is 5.29. The molecule has 5 heteroatoms. The smallest absolute Gasteiger partial charge is 0.131 e. The molecule has 1 aliphatic heterocycles. The first kappa shape index (κ1) is 16.5. The number of carbonyl (C=O) groups excluding carboxylic acids is 1. The largest absolute Gasteiger partial charge is 0.300 e. The molecule has 0 aliphatic carbocycles. The highest BCUT2D eigenvalue weighted by Gasteiger charge is 2.25. The van der Waals surface area contributed by atoms with E-state index in [-0.39, 0.29) is 5.78 Å². The molecule has 1 aliphatic rings. The van der Waals surface area contributed by atoms with Crippen LogP contribution in [0, 0.1) is 0 Å². The van der Waals surface area contributed by atoms with Gasteiger partial charge in [-0.25, -0.2) is 0 Å². The van der Waals surface area contributed by atoms with Gasteiger partial charge in [0.25, 0.3) is 0 Å². The van der Waals surface area contributed by atoms with Gasteiger partial charge in [0, 0.05) is 26.1 Å². The molecule has 0 bridgehead atoms. The summed E-state index contributed by atoms with van der Waals surface area (Å²) in [6, 6.07) is 0.348. The second kappa shape index (κ2) is 7.41. The number of rotatable bonds is 5. The zero-order valence-electron chi connectivity index (χ0n) is 13.4. The minimum absolute atomic E-state index is 0.275. The number of likely N-dealkylation sites (tertiary alicyclic amines) is 1. The second-order valence-electron chi connectivity index (χ2n) is 6.06. The molecule has 4 nitrogen and oxygen atoms in total. The molecule has 1 atom stereocenters. The number of ketones is 1. The van der Waals surface area contributed by atoms with Gasteiger partial charge in [0.15, 0.2) is 0 Å². The predicted octanol–water partition coefficient (Wildman–Crippen LogP) is 3.36. The molecular formula is C16H26ClN3O. The molecule has 118 valence electrons. The van der Waals surface area contributed by atoms with Crippen LogP contribution in [-0.4, -0.2) is 33.1 Å². The van der Waals surface area contributed by atoms with Crippen LogP contribution >= 0.6 is 11.6 Å². The third kappa shape index (κ3) is 4.07. The van der Waals surface area contributed by atoms with Crippen molar-refractivity contribution in [3.63, 3.8) is 0 Å².